The van der Waals surface area contributed by atoms with E-state index in [1.54, 1.807) is 28.9 Å². The van der Waals surface area contributed by atoms with Crippen molar-refractivity contribution in [1.82, 2.24) is 19.2 Å². The van der Waals surface area contributed by atoms with E-state index in [4.69, 9.17) is 16.3 Å². The zero-order valence-corrected chi connectivity index (χ0v) is 18.4. The minimum Gasteiger partial charge on any atom is -0.454 e. The average molecular weight is 467 g/mol. The van der Waals surface area contributed by atoms with E-state index in [-0.39, 0.29) is 23.7 Å². The number of benzene rings is 1. The zero-order chi connectivity index (χ0) is 22.9. The summed E-state index contributed by atoms with van der Waals surface area (Å²) in [5, 5.41) is 4.96. The minimum atomic E-state index is -0.577. The van der Waals surface area contributed by atoms with Crippen LogP contribution in [0.3, 0.4) is 0 Å². The smallest absolute Gasteiger partial charge is 0.359 e. The summed E-state index contributed by atoms with van der Waals surface area (Å²) in [6, 6.07) is 10.6. The number of hydrogen-bond acceptors (Lipinski definition) is 5. The lowest BCUT2D eigenvalue weighted by atomic mass is 10.1. The normalized spacial score (nSPS) is 13.5. The minimum absolute atomic E-state index is 0.161. The van der Waals surface area contributed by atoms with E-state index in [2.05, 4.69) is 10.1 Å². The van der Waals surface area contributed by atoms with Crippen LogP contribution in [0.25, 0.3) is 11.3 Å². The second-order valence-corrected chi connectivity index (χ2v) is 8.40. The Morgan fingerprint density at radius 2 is 1.88 bits per heavy atom. The van der Waals surface area contributed by atoms with Crippen molar-refractivity contribution in [3.05, 3.63) is 92.5 Å². The standard InChI is InChI=1S/C24H20ClFN4O3/c25-15-6-11-21-27-17(12-22(31)29(21)13-15)14-33-24(32)23-19-4-2-1-3-5-20(19)30(28-23)18-9-7-16(26)8-10-18/h6-13H,1-5,14H2. The SMILES string of the molecule is O=C(OCc1cc(=O)n2cc(Cl)ccc2n1)c1nn(-c2ccc(F)cc2)c2c1CCCCC2. The fraction of sp³-hybridized carbons (Fsp3) is 0.250. The topological polar surface area (TPSA) is 78.5 Å². The number of ether oxygens (including phenoxy) is 1. The maximum Gasteiger partial charge on any atom is 0.359 e. The number of rotatable bonds is 4. The lowest BCUT2D eigenvalue weighted by Gasteiger charge is -2.07. The number of aromatic nitrogens is 4. The monoisotopic (exact) mass is 466 g/mol. The van der Waals surface area contributed by atoms with Gasteiger partial charge in [0.05, 0.1) is 16.4 Å². The highest BCUT2D eigenvalue weighted by Gasteiger charge is 2.26. The number of carbonyl (C=O) groups excluding carboxylic acids is 1. The Hall–Kier alpha value is -3.52. The summed E-state index contributed by atoms with van der Waals surface area (Å²) in [7, 11) is 0. The average Bonchev–Trinajstić information content (AvgIpc) is 2.99. The van der Waals surface area contributed by atoms with Gasteiger partial charge in [0.15, 0.2) is 5.69 Å². The summed E-state index contributed by atoms with van der Waals surface area (Å²) >= 11 is 5.94. The zero-order valence-electron chi connectivity index (χ0n) is 17.6. The molecule has 0 bridgehead atoms. The van der Waals surface area contributed by atoms with Crippen LogP contribution in [0.1, 0.15) is 46.7 Å². The molecule has 0 aliphatic heterocycles. The molecule has 4 aromatic rings. The summed E-state index contributed by atoms with van der Waals surface area (Å²) in [6.07, 6.45) is 5.98. The Bertz CT molecular complexity index is 1410. The number of halogens is 2. The van der Waals surface area contributed by atoms with Crippen LogP contribution in [0.5, 0.6) is 0 Å². The van der Waals surface area contributed by atoms with Crippen molar-refractivity contribution in [2.75, 3.05) is 0 Å². The Balaban J connectivity index is 1.44. The molecule has 33 heavy (non-hydrogen) atoms. The third-order valence-corrected chi connectivity index (χ3v) is 5.95. The number of pyridine rings is 1. The van der Waals surface area contributed by atoms with Gasteiger partial charge < -0.3 is 4.74 Å². The maximum atomic E-state index is 13.4. The van der Waals surface area contributed by atoms with Crippen LogP contribution in [-0.2, 0) is 24.2 Å². The molecule has 0 amide bonds. The van der Waals surface area contributed by atoms with Gasteiger partial charge in [0, 0.05) is 23.5 Å². The molecule has 1 aliphatic carbocycles. The molecular weight excluding hydrogens is 447 g/mol. The van der Waals surface area contributed by atoms with Gasteiger partial charge in [0.1, 0.15) is 18.1 Å². The maximum absolute atomic E-state index is 13.4. The van der Waals surface area contributed by atoms with E-state index in [1.165, 1.54) is 28.8 Å². The van der Waals surface area contributed by atoms with Crippen molar-refractivity contribution < 1.29 is 13.9 Å². The van der Waals surface area contributed by atoms with Gasteiger partial charge in [0.2, 0.25) is 0 Å². The molecular formula is C24H20ClFN4O3. The molecule has 0 spiro atoms. The number of esters is 1. The Labute approximate surface area is 193 Å². The first kappa shape index (κ1) is 21.3. The molecule has 1 aliphatic rings. The van der Waals surface area contributed by atoms with E-state index in [0.29, 0.717) is 22.1 Å². The molecule has 0 fully saturated rings. The second-order valence-electron chi connectivity index (χ2n) is 7.96. The first-order valence-electron chi connectivity index (χ1n) is 10.7. The number of hydrogen-bond donors (Lipinski definition) is 0. The van der Waals surface area contributed by atoms with Gasteiger partial charge in [-0.2, -0.15) is 5.10 Å². The highest BCUT2D eigenvalue weighted by Crippen LogP contribution is 2.27. The summed E-state index contributed by atoms with van der Waals surface area (Å²) < 4.78 is 22.0. The summed E-state index contributed by atoms with van der Waals surface area (Å²) in [4.78, 5) is 29.7. The molecule has 0 saturated heterocycles. The van der Waals surface area contributed by atoms with E-state index in [0.717, 1.165) is 43.4 Å². The van der Waals surface area contributed by atoms with Crippen molar-refractivity contribution in [2.24, 2.45) is 0 Å². The molecule has 9 heteroatoms. The Morgan fingerprint density at radius 3 is 2.70 bits per heavy atom. The van der Waals surface area contributed by atoms with Gasteiger partial charge in [-0.1, -0.05) is 18.0 Å². The molecule has 168 valence electrons. The second kappa shape index (κ2) is 8.78. The highest BCUT2D eigenvalue weighted by atomic mass is 35.5. The first-order chi connectivity index (χ1) is 16.0. The van der Waals surface area contributed by atoms with Gasteiger partial charge in [0.25, 0.3) is 5.56 Å². The molecule has 0 N–H and O–H groups in total. The summed E-state index contributed by atoms with van der Waals surface area (Å²) in [5.74, 6) is -0.912. The van der Waals surface area contributed by atoms with E-state index in [1.807, 2.05) is 0 Å². The van der Waals surface area contributed by atoms with Gasteiger partial charge in [-0.05, 0) is 62.1 Å². The van der Waals surface area contributed by atoms with Crippen molar-refractivity contribution in [1.29, 1.82) is 0 Å². The van der Waals surface area contributed by atoms with E-state index in [9.17, 15) is 14.0 Å². The molecule has 5 rings (SSSR count). The van der Waals surface area contributed by atoms with Crippen LogP contribution in [0.2, 0.25) is 5.02 Å². The number of carbonyl (C=O) groups is 1. The van der Waals surface area contributed by atoms with Gasteiger partial charge in [-0.15, -0.1) is 0 Å². The van der Waals surface area contributed by atoms with Crippen LogP contribution in [0.4, 0.5) is 4.39 Å². The highest BCUT2D eigenvalue weighted by molar-refractivity contribution is 6.30. The quantitative estimate of drug-likeness (QED) is 0.331. The third kappa shape index (κ3) is 4.26. The summed E-state index contributed by atoms with van der Waals surface area (Å²) in [6.45, 7) is -0.161. The molecule has 0 atom stereocenters. The molecule has 0 radical (unpaired) electrons. The molecule has 0 unspecified atom stereocenters. The largest absolute Gasteiger partial charge is 0.454 e. The molecule has 3 aromatic heterocycles. The van der Waals surface area contributed by atoms with E-state index >= 15 is 0 Å². The molecule has 3 heterocycles. The Morgan fingerprint density at radius 1 is 1.09 bits per heavy atom. The fourth-order valence-corrected chi connectivity index (χ4v) is 4.30. The number of nitrogens with zero attached hydrogens (tertiary/aromatic N) is 4. The van der Waals surface area contributed by atoms with Crippen LogP contribution >= 0.6 is 11.6 Å². The van der Waals surface area contributed by atoms with Gasteiger partial charge in [-0.25, -0.2) is 18.9 Å². The lowest BCUT2D eigenvalue weighted by Crippen LogP contribution is -2.17. The molecule has 1 aromatic carbocycles. The van der Waals surface area contributed by atoms with Crippen LogP contribution in [0.15, 0.2) is 53.5 Å². The molecule has 0 saturated carbocycles. The Kier molecular flexibility index (Phi) is 5.68. The van der Waals surface area contributed by atoms with Crippen molar-refractivity contribution in [3.8, 4) is 5.69 Å². The fourth-order valence-electron chi connectivity index (χ4n) is 4.14. The molecule has 7 nitrogen and oxygen atoms in total. The predicted molar refractivity (Wildman–Crippen MR) is 120 cm³/mol. The predicted octanol–water partition coefficient (Wildman–Crippen LogP) is 4.30. The summed E-state index contributed by atoms with van der Waals surface area (Å²) in [5.41, 5.74) is 3.18. The first-order valence-corrected chi connectivity index (χ1v) is 11.1. The van der Waals surface area contributed by atoms with Gasteiger partial charge >= 0.3 is 5.97 Å². The lowest BCUT2D eigenvalue weighted by molar-refractivity contribution is 0.0459. The van der Waals surface area contributed by atoms with Crippen LogP contribution in [-0.4, -0.2) is 25.1 Å². The van der Waals surface area contributed by atoms with Gasteiger partial charge in [-0.3, -0.25) is 9.20 Å². The van der Waals surface area contributed by atoms with E-state index < -0.39 is 5.97 Å². The number of fused-ring (bicyclic) bond motifs is 2. The van der Waals surface area contributed by atoms with Crippen molar-refractivity contribution in [3.63, 3.8) is 0 Å². The van der Waals surface area contributed by atoms with Crippen LogP contribution < -0.4 is 5.56 Å². The van der Waals surface area contributed by atoms with Crippen molar-refractivity contribution >= 4 is 23.2 Å². The van der Waals surface area contributed by atoms with Crippen LogP contribution in [0, 0.1) is 5.82 Å². The third-order valence-electron chi connectivity index (χ3n) is 5.72. The van der Waals surface area contributed by atoms with Crippen molar-refractivity contribution in [2.45, 2.75) is 38.7 Å².